The van der Waals surface area contributed by atoms with Gasteiger partial charge in [-0.1, -0.05) is 12.1 Å². The van der Waals surface area contributed by atoms with Crippen molar-refractivity contribution in [3.63, 3.8) is 0 Å². The maximum Gasteiger partial charge on any atom is 0.295 e. The molecule has 0 amide bonds. The van der Waals surface area contributed by atoms with E-state index in [0.717, 1.165) is 5.56 Å². The largest absolute Gasteiger partial charge is 0.332 e. The first kappa shape index (κ1) is 15.9. The van der Waals surface area contributed by atoms with Crippen LogP contribution in [0.4, 0.5) is 20.5 Å². The van der Waals surface area contributed by atoms with Gasteiger partial charge in [0, 0.05) is 11.1 Å². The molecule has 2 aliphatic heterocycles. The number of fused-ring (bicyclic) bond motifs is 6. The molecule has 0 N–H and O–H groups in total. The summed E-state index contributed by atoms with van der Waals surface area (Å²) in [5, 5.41) is 7.40. The van der Waals surface area contributed by atoms with Crippen LogP contribution in [0.15, 0.2) is 64.2 Å². The Labute approximate surface area is 162 Å². The lowest BCUT2D eigenvalue weighted by molar-refractivity contribution is 0.429. The van der Waals surface area contributed by atoms with E-state index in [-0.39, 0.29) is 24.3 Å². The third-order valence-electron chi connectivity index (χ3n) is 4.84. The van der Waals surface area contributed by atoms with Crippen molar-refractivity contribution < 1.29 is 13.3 Å². The summed E-state index contributed by atoms with van der Waals surface area (Å²) in [6.07, 6.45) is 0.804. The lowest BCUT2D eigenvalue weighted by Crippen LogP contribution is -2.46. The first-order chi connectivity index (χ1) is 14.2. The number of anilines is 2. The number of imidazole rings is 1. The minimum absolute atomic E-state index is 0.221. The van der Waals surface area contributed by atoms with Gasteiger partial charge in [0.1, 0.15) is 12.5 Å². The highest BCUT2D eigenvalue weighted by Crippen LogP contribution is 2.36. The second-order valence-electron chi connectivity index (χ2n) is 6.48. The Morgan fingerprint density at radius 3 is 2.69 bits per heavy atom. The Balaban J connectivity index is 1.43. The van der Waals surface area contributed by atoms with Crippen LogP contribution in [-0.2, 0) is 0 Å². The number of hydrogen-bond donors (Lipinski definition) is 0. The van der Waals surface area contributed by atoms with Gasteiger partial charge in [-0.3, -0.25) is 4.57 Å². The summed E-state index contributed by atoms with van der Waals surface area (Å²) >= 11 is 0. The van der Waals surface area contributed by atoms with E-state index in [4.69, 9.17) is 4.52 Å². The van der Waals surface area contributed by atoms with Gasteiger partial charge in [0.25, 0.3) is 17.9 Å². The number of nitrogens with zero attached hydrogens (tertiary/aromatic N) is 7. The number of halogens is 2. The fraction of sp³-hybridized carbons (Fsp3) is 0.0526. The maximum absolute atomic E-state index is 14.4. The molecule has 6 rings (SSSR count). The number of aromatic nitrogens is 4. The van der Waals surface area contributed by atoms with E-state index in [2.05, 4.69) is 20.1 Å². The molecule has 0 aliphatic carbocycles. The van der Waals surface area contributed by atoms with Crippen LogP contribution in [-0.4, -0.2) is 32.2 Å². The summed E-state index contributed by atoms with van der Waals surface area (Å²) < 4.78 is 34.4. The van der Waals surface area contributed by atoms with Crippen LogP contribution in [0.5, 0.6) is 0 Å². The second-order valence-corrected chi connectivity index (χ2v) is 6.48. The Bertz CT molecular complexity index is 1280. The van der Waals surface area contributed by atoms with Crippen molar-refractivity contribution in [2.24, 2.45) is 4.99 Å². The third kappa shape index (κ3) is 2.22. The van der Waals surface area contributed by atoms with Crippen LogP contribution in [0.25, 0.3) is 17.1 Å². The van der Waals surface area contributed by atoms with Gasteiger partial charge < -0.3 is 4.52 Å². The molecule has 8 nitrogen and oxygen atoms in total. The zero-order valence-corrected chi connectivity index (χ0v) is 14.7. The van der Waals surface area contributed by atoms with Crippen LogP contribution in [0.2, 0.25) is 0 Å². The summed E-state index contributed by atoms with van der Waals surface area (Å²) in [6, 6.07) is 13.1. The molecule has 4 aromatic rings. The molecule has 4 heterocycles. The van der Waals surface area contributed by atoms with Gasteiger partial charge in [0.05, 0.1) is 11.9 Å². The molecular formula is C19H11F2N7O. The maximum atomic E-state index is 14.4. The van der Waals surface area contributed by atoms with Gasteiger partial charge >= 0.3 is 0 Å². The van der Waals surface area contributed by atoms with Crippen LogP contribution >= 0.6 is 0 Å². The quantitative estimate of drug-likeness (QED) is 0.523. The monoisotopic (exact) mass is 391 g/mol. The van der Waals surface area contributed by atoms with E-state index in [0.29, 0.717) is 22.9 Å². The Morgan fingerprint density at radius 1 is 1.00 bits per heavy atom. The number of para-hydroxylation sites is 1. The smallest absolute Gasteiger partial charge is 0.295 e. The number of aliphatic imine (C=N–C) groups is 1. The average molecular weight is 391 g/mol. The lowest BCUT2D eigenvalue weighted by Gasteiger charge is -2.33. The van der Waals surface area contributed by atoms with Crippen molar-refractivity contribution in [1.29, 1.82) is 0 Å². The Hall–Kier alpha value is -4.08. The first-order valence-electron chi connectivity index (χ1n) is 8.75. The first-order valence-corrected chi connectivity index (χ1v) is 8.75. The number of benzene rings is 2. The molecular weight excluding hydrogens is 380 g/mol. The standard InChI is InChI=1S/C19H11F2N7O/c20-12-7-5-11(6-8-12)17-24-19(25-29-17)26-10-23-16-13-3-1-2-4-14(13)27-15(28(16)26)9-22-18(27)21/h1-9H,10H2. The van der Waals surface area contributed by atoms with Crippen molar-refractivity contribution >= 4 is 17.6 Å². The molecule has 2 aromatic heterocycles. The highest BCUT2D eigenvalue weighted by molar-refractivity contribution is 6.16. The zero-order valence-electron chi connectivity index (χ0n) is 14.7. The van der Waals surface area contributed by atoms with E-state index >= 15 is 0 Å². The molecule has 0 atom stereocenters. The minimum atomic E-state index is -0.626. The van der Waals surface area contributed by atoms with E-state index in [1.807, 2.05) is 24.3 Å². The average Bonchev–Trinajstić information content (AvgIpc) is 3.46. The predicted molar refractivity (Wildman–Crippen MR) is 99.6 cm³/mol. The highest BCUT2D eigenvalue weighted by Gasteiger charge is 2.39. The number of amidine groups is 1. The fourth-order valence-corrected chi connectivity index (χ4v) is 3.54. The lowest BCUT2D eigenvalue weighted by atomic mass is 10.1. The molecule has 2 aliphatic rings. The molecule has 0 unspecified atom stereocenters. The summed E-state index contributed by atoms with van der Waals surface area (Å²) in [5.74, 6) is 1.25. The van der Waals surface area contributed by atoms with Crippen molar-refractivity contribution in [3.8, 4) is 17.1 Å². The normalized spacial score (nSPS) is 14.5. The van der Waals surface area contributed by atoms with Gasteiger partial charge in [-0.25, -0.2) is 24.4 Å². The van der Waals surface area contributed by atoms with Gasteiger partial charge in [0.2, 0.25) is 0 Å². The summed E-state index contributed by atoms with van der Waals surface area (Å²) in [5.41, 5.74) is 2.02. The highest BCUT2D eigenvalue weighted by atomic mass is 19.1. The number of hydrazine groups is 1. The summed E-state index contributed by atoms with van der Waals surface area (Å²) in [6.45, 7) is 0.221. The van der Waals surface area contributed by atoms with E-state index in [1.165, 1.54) is 22.9 Å². The van der Waals surface area contributed by atoms with Crippen molar-refractivity contribution in [2.45, 2.75) is 0 Å². The Morgan fingerprint density at radius 2 is 1.83 bits per heavy atom. The van der Waals surface area contributed by atoms with Crippen LogP contribution < -0.4 is 10.0 Å². The summed E-state index contributed by atoms with van der Waals surface area (Å²) in [4.78, 5) is 12.8. The van der Waals surface area contributed by atoms with Crippen molar-refractivity contribution in [1.82, 2.24) is 19.7 Å². The third-order valence-corrected chi connectivity index (χ3v) is 4.84. The molecule has 2 aromatic carbocycles. The zero-order chi connectivity index (χ0) is 19.5. The molecule has 0 saturated heterocycles. The molecule has 0 spiro atoms. The van der Waals surface area contributed by atoms with Crippen molar-refractivity contribution in [2.75, 3.05) is 16.7 Å². The van der Waals surface area contributed by atoms with Gasteiger partial charge in [-0.15, -0.1) is 0 Å². The van der Waals surface area contributed by atoms with E-state index in [1.54, 1.807) is 22.2 Å². The SMILES string of the molecule is Fc1ccc(-c2nc(N3CN=C4c5ccccc5-n5c(cnc5F)N43)no2)cc1. The second kappa shape index (κ2) is 5.71. The molecule has 29 heavy (non-hydrogen) atoms. The molecule has 0 saturated carbocycles. The molecule has 0 radical (unpaired) electrons. The molecule has 0 bridgehead atoms. The molecule has 142 valence electrons. The Kier molecular flexibility index (Phi) is 3.13. The van der Waals surface area contributed by atoms with Gasteiger partial charge in [-0.05, 0) is 41.6 Å². The van der Waals surface area contributed by atoms with Crippen LogP contribution in [0.3, 0.4) is 0 Å². The number of hydrogen-bond acceptors (Lipinski definition) is 7. The van der Waals surface area contributed by atoms with Crippen molar-refractivity contribution in [3.05, 3.63) is 72.2 Å². The summed E-state index contributed by atoms with van der Waals surface area (Å²) in [7, 11) is 0. The molecule has 0 fully saturated rings. The number of rotatable bonds is 2. The van der Waals surface area contributed by atoms with E-state index in [9.17, 15) is 8.78 Å². The van der Waals surface area contributed by atoms with E-state index < -0.39 is 6.08 Å². The topological polar surface area (TPSA) is 75.6 Å². The van der Waals surface area contributed by atoms with Gasteiger partial charge in [-0.2, -0.15) is 9.37 Å². The molecule has 10 heteroatoms. The van der Waals surface area contributed by atoms with Crippen LogP contribution in [0, 0.1) is 11.9 Å². The van der Waals surface area contributed by atoms with Gasteiger partial charge in [0.15, 0.2) is 11.7 Å². The predicted octanol–water partition coefficient (Wildman–Crippen LogP) is 3.16. The fourth-order valence-electron chi connectivity index (χ4n) is 3.54. The minimum Gasteiger partial charge on any atom is -0.332 e. The van der Waals surface area contributed by atoms with Crippen LogP contribution in [0.1, 0.15) is 5.56 Å².